The van der Waals surface area contributed by atoms with E-state index in [9.17, 15) is 19.5 Å². The standard InChI is InChI=1S/C39H44ClFN6O5/c1-44-25-30(29-8-2-3-9-34(29)44)37(49)43-33-24-32(41)27(22-31(33)40)23-35(48)39(46-16-6-7-17-46,52-28-13-11-26(12-14-28)38(50)51)47-20-18-45(19-21-47)36-10-4-5-15-42-36/h2-5,8-10,15,22,24-26,28H,6-7,11-14,16-21,23H2,1H3,(H,43,49)(H,50,51)/t26-,28-,39?. The van der Waals surface area contributed by atoms with Crippen LogP contribution < -0.4 is 10.2 Å². The van der Waals surface area contributed by atoms with Gasteiger partial charge in [0.1, 0.15) is 11.6 Å². The van der Waals surface area contributed by atoms with E-state index in [-0.39, 0.29) is 34.6 Å². The van der Waals surface area contributed by atoms with Gasteiger partial charge in [-0.3, -0.25) is 24.2 Å². The molecule has 1 unspecified atom stereocenters. The molecule has 11 nitrogen and oxygen atoms in total. The second-order valence-corrected chi connectivity index (χ2v) is 14.4. The van der Waals surface area contributed by atoms with Crippen molar-refractivity contribution >= 4 is 51.7 Å². The number of carboxylic acids is 1. The van der Waals surface area contributed by atoms with Crippen LogP contribution in [0.3, 0.4) is 0 Å². The number of hydrogen-bond donors (Lipinski definition) is 2. The number of rotatable bonds is 11. The lowest BCUT2D eigenvalue weighted by Crippen LogP contribution is -2.71. The molecule has 7 rings (SSSR count). The number of carboxylic acid groups (broad SMARTS) is 1. The summed E-state index contributed by atoms with van der Waals surface area (Å²) in [7, 11) is 1.85. The van der Waals surface area contributed by atoms with Gasteiger partial charge in [-0.05, 0) is 74.4 Å². The largest absolute Gasteiger partial charge is 0.481 e. The molecule has 2 aliphatic heterocycles. The molecular weight excluding hydrogens is 687 g/mol. The zero-order valence-corrected chi connectivity index (χ0v) is 30.0. The molecule has 1 amide bonds. The van der Waals surface area contributed by atoms with Crippen molar-refractivity contribution in [3.8, 4) is 0 Å². The van der Waals surface area contributed by atoms with Crippen LogP contribution in [0.2, 0.25) is 5.02 Å². The molecule has 13 heteroatoms. The third-order valence-corrected chi connectivity index (χ3v) is 11.1. The Balaban J connectivity index is 1.16. The molecule has 1 atom stereocenters. The van der Waals surface area contributed by atoms with Crippen molar-refractivity contribution in [3.05, 3.63) is 89.0 Å². The van der Waals surface area contributed by atoms with Crippen LogP contribution >= 0.6 is 11.6 Å². The number of nitrogens with zero attached hydrogens (tertiary/aromatic N) is 5. The number of anilines is 2. The van der Waals surface area contributed by atoms with E-state index in [0.717, 1.165) is 29.6 Å². The van der Waals surface area contributed by atoms with Crippen LogP contribution in [0.1, 0.15) is 54.4 Å². The number of likely N-dealkylation sites (tertiary alicyclic amines) is 1. The van der Waals surface area contributed by atoms with E-state index >= 15 is 4.39 Å². The maximum Gasteiger partial charge on any atom is 0.306 e. The van der Waals surface area contributed by atoms with Crippen molar-refractivity contribution in [3.63, 3.8) is 0 Å². The summed E-state index contributed by atoms with van der Waals surface area (Å²) >= 11 is 6.69. The van der Waals surface area contributed by atoms with E-state index in [1.807, 2.05) is 54.1 Å². The monoisotopic (exact) mass is 730 g/mol. The SMILES string of the molecule is Cn1cc(C(=O)Nc2cc(F)c(CC(=O)C(O[C@H]3CC[C@H](C(=O)O)CC3)(N3CCCC3)N3CCN(c4ccccn4)CC3)cc2Cl)c2ccccc21. The number of halogens is 2. The Hall–Kier alpha value is -4.36. The van der Waals surface area contributed by atoms with E-state index in [0.29, 0.717) is 70.5 Å². The number of amides is 1. The molecule has 274 valence electrons. The number of aryl methyl sites for hydroxylation is 1. The van der Waals surface area contributed by atoms with Crippen molar-refractivity contribution < 1.29 is 28.6 Å². The molecule has 4 aromatic rings. The second-order valence-electron chi connectivity index (χ2n) is 14.0. The van der Waals surface area contributed by atoms with Crippen molar-refractivity contribution in [2.45, 2.75) is 56.9 Å². The van der Waals surface area contributed by atoms with Crippen LogP contribution in [0.4, 0.5) is 15.9 Å². The summed E-state index contributed by atoms with van der Waals surface area (Å²) < 4.78 is 24.9. The number of piperazine rings is 1. The Bertz CT molecular complexity index is 1940. The van der Waals surface area contributed by atoms with Gasteiger partial charge in [0.25, 0.3) is 5.91 Å². The number of carbonyl (C=O) groups is 3. The minimum Gasteiger partial charge on any atom is -0.481 e. The zero-order valence-electron chi connectivity index (χ0n) is 29.3. The van der Waals surface area contributed by atoms with Crippen LogP contribution in [0, 0.1) is 11.7 Å². The average Bonchev–Trinajstić information content (AvgIpc) is 3.82. The van der Waals surface area contributed by atoms with Crippen molar-refractivity contribution in [1.29, 1.82) is 0 Å². The number of benzene rings is 2. The van der Waals surface area contributed by atoms with Gasteiger partial charge >= 0.3 is 5.97 Å². The number of hydrogen-bond acceptors (Lipinski definition) is 8. The average molecular weight is 731 g/mol. The zero-order chi connectivity index (χ0) is 36.4. The summed E-state index contributed by atoms with van der Waals surface area (Å²) in [6, 6.07) is 15.9. The van der Waals surface area contributed by atoms with Gasteiger partial charge in [0, 0.05) is 76.0 Å². The molecule has 1 aliphatic carbocycles. The Morgan fingerprint density at radius 3 is 2.35 bits per heavy atom. The highest BCUT2D eigenvalue weighted by Gasteiger charge is 2.53. The van der Waals surface area contributed by atoms with Gasteiger partial charge in [0.15, 0.2) is 5.78 Å². The molecular formula is C39H44ClFN6O5. The predicted molar refractivity (Wildman–Crippen MR) is 197 cm³/mol. The molecule has 3 fully saturated rings. The lowest BCUT2D eigenvalue weighted by Gasteiger charge is -2.52. The third-order valence-electron chi connectivity index (χ3n) is 10.8. The molecule has 52 heavy (non-hydrogen) atoms. The molecule has 0 bridgehead atoms. The minimum absolute atomic E-state index is 0.104. The maximum absolute atomic E-state index is 16.0. The van der Waals surface area contributed by atoms with E-state index in [2.05, 4.69) is 25.0 Å². The van der Waals surface area contributed by atoms with Crippen LogP contribution in [0.15, 0.2) is 67.0 Å². The quantitative estimate of drug-likeness (QED) is 0.193. The van der Waals surface area contributed by atoms with E-state index < -0.39 is 29.5 Å². The highest BCUT2D eigenvalue weighted by Crippen LogP contribution is 2.37. The number of carbonyl (C=O) groups excluding carboxylic acids is 2. The van der Waals surface area contributed by atoms with Crippen LogP contribution in [0.25, 0.3) is 10.9 Å². The van der Waals surface area contributed by atoms with Crippen LogP contribution in [0.5, 0.6) is 0 Å². The smallest absolute Gasteiger partial charge is 0.306 e. The van der Waals surface area contributed by atoms with Gasteiger partial charge in [-0.25, -0.2) is 9.37 Å². The fourth-order valence-electron chi connectivity index (χ4n) is 8.05. The minimum atomic E-state index is -1.48. The van der Waals surface area contributed by atoms with E-state index in [4.69, 9.17) is 16.3 Å². The first-order valence-corrected chi connectivity index (χ1v) is 18.4. The Kier molecular flexibility index (Phi) is 10.6. The lowest BCUT2D eigenvalue weighted by atomic mass is 9.87. The normalized spacial score (nSPS) is 21.2. The number of para-hydroxylation sites is 1. The van der Waals surface area contributed by atoms with Crippen LogP contribution in [-0.4, -0.2) is 93.3 Å². The Morgan fingerprint density at radius 2 is 1.65 bits per heavy atom. The molecule has 1 saturated carbocycles. The number of fused-ring (bicyclic) bond motifs is 1. The maximum atomic E-state index is 16.0. The van der Waals surface area contributed by atoms with Crippen LogP contribution in [-0.2, 0) is 27.8 Å². The number of aromatic nitrogens is 2. The van der Waals surface area contributed by atoms with Gasteiger partial charge in [-0.2, -0.15) is 0 Å². The first kappa shape index (κ1) is 36.0. The summed E-state index contributed by atoms with van der Waals surface area (Å²) in [5.74, 6) is -3.26. The van der Waals surface area contributed by atoms with Crippen molar-refractivity contribution in [1.82, 2.24) is 19.4 Å². The highest BCUT2D eigenvalue weighted by atomic mass is 35.5. The highest BCUT2D eigenvalue weighted by molar-refractivity contribution is 6.34. The summed E-state index contributed by atoms with van der Waals surface area (Å²) in [5.41, 5.74) is 1.53. The first-order chi connectivity index (χ1) is 25.1. The number of aliphatic carboxylic acids is 1. The number of Topliss-reactive ketones (excluding diaryl/α,β-unsaturated/α-hetero) is 1. The summed E-state index contributed by atoms with van der Waals surface area (Å²) in [6.45, 7) is 3.51. The topological polar surface area (TPSA) is 120 Å². The molecule has 3 aliphatic rings. The van der Waals surface area contributed by atoms with E-state index in [1.165, 1.54) is 12.1 Å². The van der Waals surface area contributed by atoms with Gasteiger partial charge in [-0.1, -0.05) is 35.9 Å². The van der Waals surface area contributed by atoms with Crippen molar-refractivity contribution in [2.24, 2.45) is 13.0 Å². The van der Waals surface area contributed by atoms with Gasteiger partial charge in [0.2, 0.25) is 5.85 Å². The summed E-state index contributed by atoms with van der Waals surface area (Å²) in [6.07, 6.45) is 6.60. The van der Waals surface area contributed by atoms with Crippen molar-refractivity contribution in [2.75, 3.05) is 49.5 Å². The molecule has 2 aromatic heterocycles. The molecule has 2 aromatic carbocycles. The molecule has 0 radical (unpaired) electrons. The Morgan fingerprint density at radius 1 is 0.962 bits per heavy atom. The molecule has 2 saturated heterocycles. The number of pyridine rings is 1. The number of nitrogens with one attached hydrogen (secondary N) is 1. The third kappa shape index (κ3) is 7.17. The molecule has 4 heterocycles. The first-order valence-electron chi connectivity index (χ1n) is 18.1. The predicted octanol–water partition coefficient (Wildman–Crippen LogP) is 5.96. The number of ketones is 1. The second kappa shape index (κ2) is 15.3. The summed E-state index contributed by atoms with van der Waals surface area (Å²) in [4.78, 5) is 50.9. The van der Waals surface area contributed by atoms with Gasteiger partial charge in [0.05, 0.1) is 28.3 Å². The Labute approximate surface area is 307 Å². The fourth-order valence-corrected chi connectivity index (χ4v) is 8.28. The van der Waals surface area contributed by atoms with Gasteiger partial charge < -0.3 is 24.6 Å². The lowest BCUT2D eigenvalue weighted by molar-refractivity contribution is -0.257. The fraction of sp³-hybridized carbons (Fsp3) is 0.436. The molecule has 2 N–H and O–H groups in total. The summed E-state index contributed by atoms with van der Waals surface area (Å²) in [5, 5.41) is 13.3. The van der Waals surface area contributed by atoms with Gasteiger partial charge in [-0.15, -0.1) is 0 Å². The van der Waals surface area contributed by atoms with E-state index in [1.54, 1.807) is 12.4 Å². The molecule has 0 spiro atoms. The number of ether oxygens (including phenoxy) is 1.